The van der Waals surface area contributed by atoms with E-state index < -0.39 is 8.24 Å². The Morgan fingerprint density at radius 3 is 2.24 bits per heavy atom. The molecule has 0 aromatic rings. The van der Waals surface area contributed by atoms with Crippen molar-refractivity contribution in [3.05, 3.63) is 0 Å². The first-order valence-corrected chi connectivity index (χ1v) is 10.4. The summed E-state index contributed by atoms with van der Waals surface area (Å²) in [5, 5.41) is 3.42. The van der Waals surface area contributed by atoms with Crippen LogP contribution in [0.4, 0.5) is 0 Å². The third-order valence-corrected chi connectivity index (χ3v) is 8.01. The summed E-state index contributed by atoms with van der Waals surface area (Å²) in [4.78, 5) is 2.61. The summed E-state index contributed by atoms with van der Waals surface area (Å²) in [6.07, 6.45) is 1.38. The van der Waals surface area contributed by atoms with Gasteiger partial charge in [-0.2, -0.15) is 0 Å². The molecular formula is C13H31N3Si. The lowest BCUT2D eigenvalue weighted by molar-refractivity contribution is 0.241. The van der Waals surface area contributed by atoms with E-state index in [1.165, 1.54) is 58.3 Å². The van der Waals surface area contributed by atoms with Gasteiger partial charge in [0.15, 0.2) is 0 Å². The van der Waals surface area contributed by atoms with Gasteiger partial charge in [0.25, 0.3) is 0 Å². The summed E-state index contributed by atoms with van der Waals surface area (Å²) >= 11 is 0. The first-order valence-electron chi connectivity index (χ1n) is 7.28. The molecule has 0 unspecified atom stereocenters. The molecule has 4 heteroatoms. The minimum Gasteiger partial charge on any atom is -0.324 e. The van der Waals surface area contributed by atoms with Crippen LogP contribution in [-0.2, 0) is 0 Å². The Morgan fingerprint density at radius 1 is 1.12 bits per heavy atom. The van der Waals surface area contributed by atoms with E-state index in [2.05, 4.69) is 41.7 Å². The molecule has 0 aliphatic carbocycles. The van der Waals surface area contributed by atoms with Crippen molar-refractivity contribution in [1.82, 2.24) is 14.8 Å². The fraction of sp³-hybridized carbons (Fsp3) is 1.00. The van der Waals surface area contributed by atoms with Gasteiger partial charge in [0.1, 0.15) is 8.24 Å². The molecule has 102 valence electrons. The summed E-state index contributed by atoms with van der Waals surface area (Å²) in [7, 11) is -1.13. The maximum absolute atomic E-state index is 3.42. The second kappa shape index (κ2) is 7.51. The summed E-state index contributed by atoms with van der Waals surface area (Å²) < 4.78 is 2.71. The summed E-state index contributed by atoms with van der Waals surface area (Å²) in [6, 6.07) is 1.44. The van der Waals surface area contributed by atoms with E-state index in [0.717, 1.165) is 0 Å². The lowest BCUT2D eigenvalue weighted by Crippen LogP contribution is -2.49. The van der Waals surface area contributed by atoms with Crippen LogP contribution in [0.15, 0.2) is 0 Å². The molecule has 0 atom stereocenters. The van der Waals surface area contributed by atoms with Crippen molar-refractivity contribution in [3.63, 3.8) is 0 Å². The number of hydrogen-bond donors (Lipinski definition) is 1. The van der Waals surface area contributed by atoms with Crippen molar-refractivity contribution >= 4 is 8.24 Å². The van der Waals surface area contributed by atoms with E-state index >= 15 is 0 Å². The third-order valence-electron chi connectivity index (χ3n) is 4.09. The summed E-state index contributed by atoms with van der Waals surface area (Å²) in [5.41, 5.74) is 0. The Bertz CT molecular complexity index is 199. The molecule has 1 N–H and O–H groups in total. The van der Waals surface area contributed by atoms with Gasteiger partial charge in [-0.05, 0) is 32.1 Å². The van der Waals surface area contributed by atoms with Crippen molar-refractivity contribution in [1.29, 1.82) is 0 Å². The van der Waals surface area contributed by atoms with E-state index in [1.54, 1.807) is 0 Å². The van der Waals surface area contributed by atoms with Gasteiger partial charge in [0.2, 0.25) is 0 Å². The van der Waals surface area contributed by atoms with Gasteiger partial charge < -0.3 is 14.8 Å². The molecule has 1 heterocycles. The van der Waals surface area contributed by atoms with Gasteiger partial charge in [0.05, 0.1) is 0 Å². The number of rotatable bonds is 7. The molecule has 1 fully saturated rings. The molecule has 0 aromatic heterocycles. The molecule has 0 aromatic carbocycles. The lowest BCUT2D eigenvalue weighted by atomic mass is 10.3. The van der Waals surface area contributed by atoms with Crippen LogP contribution in [0, 0.1) is 0 Å². The van der Waals surface area contributed by atoms with Crippen LogP contribution < -0.4 is 5.32 Å². The highest BCUT2D eigenvalue weighted by Crippen LogP contribution is 2.17. The minimum atomic E-state index is -1.13. The maximum atomic E-state index is 3.42. The maximum Gasteiger partial charge on any atom is 0.122 e. The minimum absolute atomic E-state index is 1.13. The van der Waals surface area contributed by atoms with E-state index in [-0.39, 0.29) is 0 Å². The van der Waals surface area contributed by atoms with Crippen LogP contribution >= 0.6 is 0 Å². The first-order chi connectivity index (χ1) is 8.10. The molecule has 17 heavy (non-hydrogen) atoms. The Balaban J connectivity index is 2.23. The quantitative estimate of drug-likeness (QED) is 0.702. The molecule has 0 radical (unpaired) electrons. The topological polar surface area (TPSA) is 18.5 Å². The SMILES string of the molecule is CCN(CC)[Si](C)(C)CCCN1CCNCC1. The summed E-state index contributed by atoms with van der Waals surface area (Å²) in [5.74, 6) is 0. The van der Waals surface area contributed by atoms with Crippen LogP contribution in [0.1, 0.15) is 20.3 Å². The molecule has 3 nitrogen and oxygen atoms in total. The first kappa shape index (κ1) is 15.2. The second-order valence-corrected chi connectivity index (χ2v) is 10.4. The molecule has 1 aliphatic heterocycles. The summed E-state index contributed by atoms with van der Waals surface area (Å²) in [6.45, 7) is 18.2. The van der Waals surface area contributed by atoms with Crippen molar-refractivity contribution in [2.24, 2.45) is 0 Å². The molecule has 1 aliphatic rings. The second-order valence-electron chi connectivity index (χ2n) is 5.68. The van der Waals surface area contributed by atoms with Crippen LogP contribution in [0.2, 0.25) is 19.1 Å². The van der Waals surface area contributed by atoms with Crippen molar-refractivity contribution in [2.45, 2.75) is 39.4 Å². The van der Waals surface area contributed by atoms with Crippen LogP contribution in [0.25, 0.3) is 0 Å². The number of nitrogens with one attached hydrogen (secondary N) is 1. The standard InChI is InChI=1S/C13H31N3Si/c1-5-16(6-2)17(3,4)13-7-10-15-11-8-14-9-12-15/h14H,5-13H2,1-4H3. The largest absolute Gasteiger partial charge is 0.324 e. The van der Waals surface area contributed by atoms with E-state index in [0.29, 0.717) is 0 Å². The van der Waals surface area contributed by atoms with Crippen LogP contribution in [0.3, 0.4) is 0 Å². The van der Waals surface area contributed by atoms with E-state index in [4.69, 9.17) is 0 Å². The fourth-order valence-corrected chi connectivity index (χ4v) is 5.96. The Hall–Kier alpha value is 0.0969. The molecule has 1 saturated heterocycles. The number of nitrogens with zero attached hydrogens (tertiary/aromatic N) is 2. The van der Waals surface area contributed by atoms with Gasteiger partial charge in [-0.15, -0.1) is 0 Å². The molecule has 0 amide bonds. The molecular weight excluding hydrogens is 226 g/mol. The molecule has 0 saturated carbocycles. The van der Waals surface area contributed by atoms with Gasteiger partial charge in [-0.3, -0.25) is 0 Å². The highest BCUT2D eigenvalue weighted by Gasteiger charge is 2.26. The predicted molar refractivity (Wildman–Crippen MR) is 79.1 cm³/mol. The Labute approximate surface area is 109 Å². The van der Waals surface area contributed by atoms with Gasteiger partial charge in [0, 0.05) is 26.2 Å². The van der Waals surface area contributed by atoms with Gasteiger partial charge in [-0.1, -0.05) is 26.9 Å². The zero-order valence-corrected chi connectivity index (χ0v) is 13.3. The number of piperazine rings is 1. The average Bonchev–Trinajstić information content (AvgIpc) is 2.31. The lowest BCUT2D eigenvalue weighted by Gasteiger charge is -2.36. The smallest absolute Gasteiger partial charge is 0.122 e. The predicted octanol–water partition coefficient (Wildman–Crippen LogP) is 1.83. The van der Waals surface area contributed by atoms with Crippen molar-refractivity contribution < 1.29 is 0 Å². The Morgan fingerprint density at radius 2 is 1.71 bits per heavy atom. The average molecular weight is 257 g/mol. The van der Waals surface area contributed by atoms with Crippen LogP contribution in [-0.4, -0.2) is 63.5 Å². The normalized spacial score (nSPS) is 18.9. The highest BCUT2D eigenvalue weighted by atomic mass is 28.3. The van der Waals surface area contributed by atoms with Crippen molar-refractivity contribution in [2.75, 3.05) is 45.8 Å². The molecule has 0 bridgehead atoms. The number of hydrogen-bond acceptors (Lipinski definition) is 3. The van der Waals surface area contributed by atoms with Crippen LogP contribution in [0.5, 0.6) is 0 Å². The fourth-order valence-electron chi connectivity index (χ4n) is 2.91. The van der Waals surface area contributed by atoms with Gasteiger partial charge >= 0.3 is 0 Å². The van der Waals surface area contributed by atoms with Crippen molar-refractivity contribution in [3.8, 4) is 0 Å². The van der Waals surface area contributed by atoms with Gasteiger partial charge in [-0.25, -0.2) is 0 Å². The Kier molecular flexibility index (Phi) is 6.70. The highest BCUT2D eigenvalue weighted by molar-refractivity contribution is 6.74. The van der Waals surface area contributed by atoms with E-state index in [1.807, 2.05) is 0 Å². The third kappa shape index (κ3) is 5.08. The molecule has 1 rings (SSSR count). The van der Waals surface area contributed by atoms with E-state index in [9.17, 15) is 0 Å². The zero-order chi connectivity index (χ0) is 12.7. The monoisotopic (exact) mass is 257 g/mol. The zero-order valence-electron chi connectivity index (χ0n) is 12.3. The molecule has 0 spiro atoms.